The molecule has 2 aromatic heterocycles. The summed E-state index contributed by atoms with van der Waals surface area (Å²) in [5.41, 5.74) is 2.96. The van der Waals surface area contributed by atoms with Crippen molar-refractivity contribution < 1.29 is 0 Å². The largest absolute Gasteiger partial charge is 0.262 e. The Hall–Kier alpha value is -1.94. The van der Waals surface area contributed by atoms with Gasteiger partial charge >= 0.3 is 0 Å². The average Bonchev–Trinajstić information content (AvgIpc) is 2.81. The summed E-state index contributed by atoms with van der Waals surface area (Å²) in [6.45, 7) is 4.23. The number of hydrogen-bond donors (Lipinski definition) is 0. The second-order valence-corrected chi connectivity index (χ2v) is 5.07. The van der Waals surface area contributed by atoms with E-state index in [0.717, 1.165) is 22.2 Å². The van der Waals surface area contributed by atoms with Crippen molar-refractivity contribution >= 4 is 22.5 Å². The standard InChI is InChI=1S/C14H13ClN4/c1-9(2)19-13-4-3-10(5-11(13)7-18-19)12-6-14(15)17-8-16-12/h3-9H,1-2H3. The molecule has 0 unspecified atom stereocenters. The summed E-state index contributed by atoms with van der Waals surface area (Å²) in [5.74, 6) is 0. The first-order valence-corrected chi connectivity index (χ1v) is 6.48. The third-order valence-electron chi connectivity index (χ3n) is 3.01. The lowest BCUT2D eigenvalue weighted by Gasteiger charge is -2.07. The lowest BCUT2D eigenvalue weighted by molar-refractivity contribution is 0.551. The van der Waals surface area contributed by atoms with E-state index in [1.54, 1.807) is 6.07 Å². The third-order valence-corrected chi connectivity index (χ3v) is 3.22. The highest BCUT2D eigenvalue weighted by atomic mass is 35.5. The van der Waals surface area contributed by atoms with Gasteiger partial charge in [-0.15, -0.1) is 0 Å². The van der Waals surface area contributed by atoms with Gasteiger partial charge in [0.05, 0.1) is 17.4 Å². The predicted octanol–water partition coefficient (Wildman–Crippen LogP) is 3.73. The third kappa shape index (κ3) is 2.19. The summed E-state index contributed by atoms with van der Waals surface area (Å²) >= 11 is 5.89. The number of fused-ring (bicyclic) bond motifs is 1. The maximum Gasteiger partial charge on any atom is 0.133 e. The molecule has 0 saturated heterocycles. The number of aromatic nitrogens is 4. The van der Waals surface area contributed by atoms with Gasteiger partial charge in [-0.3, -0.25) is 4.68 Å². The molecule has 0 radical (unpaired) electrons. The van der Waals surface area contributed by atoms with Gasteiger partial charge in [0.25, 0.3) is 0 Å². The minimum absolute atomic E-state index is 0.344. The summed E-state index contributed by atoms with van der Waals surface area (Å²) < 4.78 is 2.01. The Labute approximate surface area is 116 Å². The molecule has 19 heavy (non-hydrogen) atoms. The molecule has 0 N–H and O–H groups in total. The van der Waals surface area contributed by atoms with E-state index in [2.05, 4.69) is 41.0 Å². The summed E-state index contributed by atoms with van der Waals surface area (Å²) in [6.07, 6.45) is 3.35. The lowest BCUT2D eigenvalue weighted by atomic mass is 10.1. The molecular weight excluding hydrogens is 260 g/mol. The minimum atomic E-state index is 0.344. The monoisotopic (exact) mass is 272 g/mol. The summed E-state index contributed by atoms with van der Waals surface area (Å²) in [4.78, 5) is 8.13. The Morgan fingerprint density at radius 2 is 2.00 bits per heavy atom. The molecule has 96 valence electrons. The second-order valence-electron chi connectivity index (χ2n) is 4.68. The maximum atomic E-state index is 5.89. The Morgan fingerprint density at radius 3 is 2.74 bits per heavy atom. The van der Waals surface area contributed by atoms with Crippen molar-refractivity contribution in [2.24, 2.45) is 0 Å². The second kappa shape index (κ2) is 4.63. The molecule has 3 rings (SSSR count). The van der Waals surface area contributed by atoms with Crippen LogP contribution in [0.25, 0.3) is 22.2 Å². The van der Waals surface area contributed by atoms with Gasteiger partial charge in [0.15, 0.2) is 0 Å². The van der Waals surface area contributed by atoms with Gasteiger partial charge in [-0.25, -0.2) is 9.97 Å². The predicted molar refractivity (Wildman–Crippen MR) is 76.2 cm³/mol. The van der Waals surface area contributed by atoms with Crippen molar-refractivity contribution in [2.75, 3.05) is 0 Å². The summed E-state index contributed by atoms with van der Waals surface area (Å²) in [7, 11) is 0. The molecule has 0 aliphatic rings. The van der Waals surface area contributed by atoms with E-state index in [4.69, 9.17) is 11.6 Å². The van der Waals surface area contributed by atoms with Crippen LogP contribution >= 0.6 is 11.6 Å². The van der Waals surface area contributed by atoms with Crippen molar-refractivity contribution in [1.29, 1.82) is 0 Å². The number of rotatable bonds is 2. The van der Waals surface area contributed by atoms with Gasteiger partial charge in [-0.05, 0) is 26.0 Å². The van der Waals surface area contributed by atoms with Crippen LogP contribution in [0.1, 0.15) is 19.9 Å². The first-order chi connectivity index (χ1) is 9.15. The molecule has 0 spiro atoms. The highest BCUT2D eigenvalue weighted by molar-refractivity contribution is 6.29. The number of nitrogens with zero attached hydrogens (tertiary/aromatic N) is 4. The van der Waals surface area contributed by atoms with Crippen LogP contribution < -0.4 is 0 Å². The SMILES string of the molecule is CC(C)n1ncc2cc(-c3cc(Cl)ncn3)ccc21. The molecule has 0 aliphatic heterocycles. The zero-order chi connectivity index (χ0) is 13.4. The fourth-order valence-corrected chi connectivity index (χ4v) is 2.26. The molecule has 0 amide bonds. The molecule has 0 saturated carbocycles. The van der Waals surface area contributed by atoms with Crippen LogP contribution in [0.2, 0.25) is 5.15 Å². The zero-order valence-electron chi connectivity index (χ0n) is 10.7. The van der Waals surface area contributed by atoms with Gasteiger partial charge in [-0.2, -0.15) is 5.10 Å². The molecule has 2 heterocycles. The topological polar surface area (TPSA) is 43.6 Å². The molecular formula is C14H13ClN4. The first kappa shape index (κ1) is 12.1. The van der Waals surface area contributed by atoms with E-state index in [9.17, 15) is 0 Å². The Kier molecular flexibility index (Phi) is 2.95. The van der Waals surface area contributed by atoms with Crippen LogP contribution in [0, 0.1) is 0 Å². The Bertz CT molecular complexity index is 733. The summed E-state index contributed by atoms with van der Waals surface area (Å²) in [6, 6.07) is 8.27. The quantitative estimate of drug-likeness (QED) is 0.668. The van der Waals surface area contributed by atoms with Gasteiger partial charge in [0.1, 0.15) is 11.5 Å². The Morgan fingerprint density at radius 1 is 1.16 bits per heavy atom. The van der Waals surface area contributed by atoms with Crippen LogP contribution in [0.15, 0.2) is 36.8 Å². The van der Waals surface area contributed by atoms with E-state index >= 15 is 0 Å². The highest BCUT2D eigenvalue weighted by Crippen LogP contribution is 2.25. The molecule has 0 atom stereocenters. The van der Waals surface area contributed by atoms with E-state index in [0.29, 0.717) is 11.2 Å². The Balaban J connectivity index is 2.12. The average molecular weight is 273 g/mol. The van der Waals surface area contributed by atoms with Crippen molar-refractivity contribution in [3.8, 4) is 11.3 Å². The maximum absolute atomic E-state index is 5.89. The fraction of sp³-hybridized carbons (Fsp3) is 0.214. The molecule has 0 fully saturated rings. The fourth-order valence-electron chi connectivity index (χ4n) is 2.12. The zero-order valence-corrected chi connectivity index (χ0v) is 11.5. The normalized spacial score (nSPS) is 11.4. The van der Waals surface area contributed by atoms with Gasteiger partial charge in [-0.1, -0.05) is 17.7 Å². The molecule has 5 heteroatoms. The van der Waals surface area contributed by atoms with Crippen LogP contribution in [0.5, 0.6) is 0 Å². The van der Waals surface area contributed by atoms with E-state index in [1.165, 1.54) is 6.33 Å². The van der Waals surface area contributed by atoms with Crippen LogP contribution in [0.3, 0.4) is 0 Å². The van der Waals surface area contributed by atoms with Gasteiger partial charge < -0.3 is 0 Å². The van der Waals surface area contributed by atoms with Crippen LogP contribution in [-0.4, -0.2) is 19.7 Å². The van der Waals surface area contributed by atoms with Gasteiger partial charge in [0.2, 0.25) is 0 Å². The van der Waals surface area contributed by atoms with Crippen molar-refractivity contribution in [1.82, 2.24) is 19.7 Å². The highest BCUT2D eigenvalue weighted by Gasteiger charge is 2.08. The van der Waals surface area contributed by atoms with Crippen molar-refractivity contribution in [3.05, 3.63) is 41.9 Å². The van der Waals surface area contributed by atoms with Crippen LogP contribution in [0.4, 0.5) is 0 Å². The smallest absolute Gasteiger partial charge is 0.133 e. The van der Waals surface area contributed by atoms with Gasteiger partial charge in [0, 0.05) is 23.1 Å². The lowest BCUT2D eigenvalue weighted by Crippen LogP contribution is -2.01. The number of benzene rings is 1. The van der Waals surface area contributed by atoms with E-state index < -0.39 is 0 Å². The first-order valence-electron chi connectivity index (χ1n) is 6.10. The molecule has 0 aliphatic carbocycles. The van der Waals surface area contributed by atoms with E-state index in [-0.39, 0.29) is 0 Å². The van der Waals surface area contributed by atoms with E-state index in [1.807, 2.05) is 16.9 Å². The minimum Gasteiger partial charge on any atom is -0.262 e. The summed E-state index contributed by atoms with van der Waals surface area (Å²) in [5, 5.41) is 5.95. The number of hydrogen-bond acceptors (Lipinski definition) is 3. The number of halogens is 1. The van der Waals surface area contributed by atoms with Crippen LogP contribution in [-0.2, 0) is 0 Å². The van der Waals surface area contributed by atoms with Crippen molar-refractivity contribution in [3.63, 3.8) is 0 Å². The molecule has 1 aromatic carbocycles. The molecule has 4 nitrogen and oxygen atoms in total. The molecule has 3 aromatic rings. The molecule has 0 bridgehead atoms. The van der Waals surface area contributed by atoms with Crippen molar-refractivity contribution in [2.45, 2.75) is 19.9 Å².